The fourth-order valence-corrected chi connectivity index (χ4v) is 2.83. The molecule has 1 saturated heterocycles. The van der Waals surface area contributed by atoms with E-state index in [9.17, 15) is 0 Å². The highest BCUT2D eigenvalue weighted by Crippen LogP contribution is 2.28. The summed E-state index contributed by atoms with van der Waals surface area (Å²) in [5, 5.41) is 3.34. The highest BCUT2D eigenvalue weighted by atomic mass is 15.3. The van der Waals surface area contributed by atoms with Crippen molar-refractivity contribution in [2.45, 2.75) is 38.6 Å². The van der Waals surface area contributed by atoms with Crippen molar-refractivity contribution in [3.05, 3.63) is 17.6 Å². The standard InChI is InChI=1S/C13H20N4/c1-2-17(10-7-14-8-10)13-11-5-3-4-6-12(11)15-9-16-13/h9-10,14H,2-8H2,1H3. The van der Waals surface area contributed by atoms with Crippen LogP contribution < -0.4 is 10.2 Å². The third-order valence-corrected chi connectivity index (χ3v) is 3.92. The van der Waals surface area contributed by atoms with Gasteiger partial charge in [0.1, 0.15) is 12.1 Å². The molecular weight excluding hydrogens is 212 g/mol. The second-order valence-electron chi connectivity index (χ2n) is 4.93. The second-order valence-corrected chi connectivity index (χ2v) is 4.93. The first-order valence-corrected chi connectivity index (χ1v) is 6.70. The SMILES string of the molecule is CCN(c1ncnc2c1CCCC2)C1CNC1. The third-order valence-electron chi connectivity index (χ3n) is 3.92. The molecule has 4 heteroatoms. The number of aryl methyl sites for hydroxylation is 1. The van der Waals surface area contributed by atoms with Gasteiger partial charge in [-0.25, -0.2) is 9.97 Å². The van der Waals surface area contributed by atoms with Crippen LogP contribution in [0.15, 0.2) is 6.33 Å². The highest BCUT2D eigenvalue weighted by Gasteiger charge is 2.27. The van der Waals surface area contributed by atoms with Gasteiger partial charge in [0.2, 0.25) is 0 Å². The molecular formula is C13H20N4. The van der Waals surface area contributed by atoms with Crippen LogP contribution in [-0.2, 0) is 12.8 Å². The molecule has 1 aliphatic heterocycles. The van der Waals surface area contributed by atoms with E-state index in [2.05, 4.69) is 27.1 Å². The smallest absolute Gasteiger partial charge is 0.135 e. The van der Waals surface area contributed by atoms with Crippen LogP contribution in [0.4, 0.5) is 5.82 Å². The normalized spacial score (nSPS) is 19.6. The van der Waals surface area contributed by atoms with Gasteiger partial charge in [0, 0.05) is 30.9 Å². The van der Waals surface area contributed by atoms with Crippen molar-refractivity contribution in [3.8, 4) is 0 Å². The van der Waals surface area contributed by atoms with Gasteiger partial charge in [-0.05, 0) is 32.6 Å². The van der Waals surface area contributed by atoms with Crippen LogP contribution >= 0.6 is 0 Å². The number of likely N-dealkylation sites (N-methyl/N-ethyl adjacent to an activating group) is 1. The maximum absolute atomic E-state index is 4.55. The molecule has 0 radical (unpaired) electrons. The lowest BCUT2D eigenvalue weighted by Gasteiger charge is -2.39. The summed E-state index contributed by atoms with van der Waals surface area (Å²) in [4.78, 5) is 11.4. The van der Waals surface area contributed by atoms with E-state index >= 15 is 0 Å². The largest absolute Gasteiger partial charge is 0.351 e. The van der Waals surface area contributed by atoms with E-state index in [0.29, 0.717) is 6.04 Å². The molecule has 0 saturated carbocycles. The molecule has 1 aromatic heterocycles. The van der Waals surface area contributed by atoms with Crippen LogP contribution in [0.5, 0.6) is 0 Å². The number of rotatable bonds is 3. The number of nitrogens with zero attached hydrogens (tertiary/aromatic N) is 3. The summed E-state index contributed by atoms with van der Waals surface area (Å²) < 4.78 is 0. The van der Waals surface area contributed by atoms with Gasteiger partial charge >= 0.3 is 0 Å². The van der Waals surface area contributed by atoms with E-state index in [1.807, 2.05) is 0 Å². The quantitative estimate of drug-likeness (QED) is 0.849. The molecule has 1 N–H and O–H groups in total. The minimum Gasteiger partial charge on any atom is -0.351 e. The van der Waals surface area contributed by atoms with E-state index < -0.39 is 0 Å². The summed E-state index contributed by atoms with van der Waals surface area (Å²) in [5.41, 5.74) is 2.69. The molecule has 0 unspecified atom stereocenters. The molecule has 2 heterocycles. The monoisotopic (exact) mass is 232 g/mol. The molecule has 0 spiro atoms. The van der Waals surface area contributed by atoms with Crippen molar-refractivity contribution in [2.24, 2.45) is 0 Å². The number of nitrogens with one attached hydrogen (secondary N) is 1. The minimum absolute atomic E-state index is 0.626. The molecule has 92 valence electrons. The second kappa shape index (κ2) is 4.61. The lowest BCUT2D eigenvalue weighted by atomic mass is 9.95. The summed E-state index contributed by atoms with van der Waals surface area (Å²) in [7, 11) is 0. The molecule has 0 bridgehead atoms. The first-order chi connectivity index (χ1) is 8.40. The Morgan fingerprint density at radius 1 is 1.29 bits per heavy atom. The Balaban J connectivity index is 1.94. The van der Waals surface area contributed by atoms with Gasteiger partial charge in [-0.3, -0.25) is 0 Å². The van der Waals surface area contributed by atoms with Crippen LogP contribution in [0.2, 0.25) is 0 Å². The maximum Gasteiger partial charge on any atom is 0.135 e. The number of hydrogen-bond donors (Lipinski definition) is 1. The first-order valence-electron chi connectivity index (χ1n) is 6.70. The molecule has 1 aliphatic carbocycles. The number of fused-ring (bicyclic) bond motifs is 1. The van der Waals surface area contributed by atoms with Gasteiger partial charge in [0.05, 0.1) is 6.04 Å². The molecule has 4 nitrogen and oxygen atoms in total. The van der Waals surface area contributed by atoms with Crippen LogP contribution in [-0.4, -0.2) is 35.6 Å². The summed E-state index contributed by atoms with van der Waals surface area (Å²) in [5.74, 6) is 1.20. The van der Waals surface area contributed by atoms with Crippen LogP contribution in [0.1, 0.15) is 31.0 Å². The van der Waals surface area contributed by atoms with Crippen molar-refractivity contribution >= 4 is 5.82 Å². The molecule has 0 aromatic carbocycles. The van der Waals surface area contributed by atoms with E-state index in [1.54, 1.807) is 6.33 Å². The molecule has 3 rings (SSSR count). The molecule has 0 amide bonds. The number of anilines is 1. The zero-order valence-electron chi connectivity index (χ0n) is 10.4. The molecule has 1 fully saturated rings. The van der Waals surface area contributed by atoms with Crippen molar-refractivity contribution < 1.29 is 0 Å². The van der Waals surface area contributed by atoms with Gasteiger partial charge in [0.15, 0.2) is 0 Å². The zero-order valence-corrected chi connectivity index (χ0v) is 10.4. The topological polar surface area (TPSA) is 41.1 Å². The van der Waals surface area contributed by atoms with Gasteiger partial charge in [0.25, 0.3) is 0 Å². The molecule has 2 aliphatic rings. The number of hydrogen-bond acceptors (Lipinski definition) is 4. The lowest BCUT2D eigenvalue weighted by Crippen LogP contribution is -2.57. The van der Waals surface area contributed by atoms with Crippen LogP contribution in [0, 0.1) is 0 Å². The summed E-state index contributed by atoms with van der Waals surface area (Å²) in [6, 6.07) is 0.626. The molecule has 0 atom stereocenters. The first kappa shape index (κ1) is 11.0. The third kappa shape index (κ3) is 1.90. The Bertz CT molecular complexity index is 400. The van der Waals surface area contributed by atoms with Gasteiger partial charge in [-0.15, -0.1) is 0 Å². The predicted octanol–water partition coefficient (Wildman–Crippen LogP) is 1.15. The Morgan fingerprint density at radius 3 is 2.82 bits per heavy atom. The van der Waals surface area contributed by atoms with E-state index in [-0.39, 0.29) is 0 Å². The molecule has 17 heavy (non-hydrogen) atoms. The van der Waals surface area contributed by atoms with Gasteiger partial charge in [-0.2, -0.15) is 0 Å². The average molecular weight is 232 g/mol. The Hall–Kier alpha value is -1.16. The Kier molecular flexibility index (Phi) is 2.97. The fraction of sp³-hybridized carbons (Fsp3) is 0.692. The Morgan fingerprint density at radius 2 is 2.12 bits per heavy atom. The summed E-state index contributed by atoms with van der Waals surface area (Å²) in [6.07, 6.45) is 6.59. The van der Waals surface area contributed by atoms with Crippen molar-refractivity contribution in [1.82, 2.24) is 15.3 Å². The van der Waals surface area contributed by atoms with Crippen LogP contribution in [0.3, 0.4) is 0 Å². The van der Waals surface area contributed by atoms with Gasteiger partial charge in [-0.1, -0.05) is 0 Å². The lowest BCUT2D eigenvalue weighted by molar-refractivity contribution is 0.413. The van der Waals surface area contributed by atoms with Crippen molar-refractivity contribution in [3.63, 3.8) is 0 Å². The van der Waals surface area contributed by atoms with E-state index in [0.717, 1.165) is 32.5 Å². The highest BCUT2D eigenvalue weighted by molar-refractivity contribution is 5.51. The maximum atomic E-state index is 4.55. The molecule has 1 aromatic rings. The van der Waals surface area contributed by atoms with Crippen LogP contribution in [0.25, 0.3) is 0 Å². The van der Waals surface area contributed by atoms with Crippen molar-refractivity contribution in [1.29, 1.82) is 0 Å². The summed E-state index contributed by atoms with van der Waals surface area (Å²) in [6.45, 7) is 5.44. The van der Waals surface area contributed by atoms with E-state index in [4.69, 9.17) is 0 Å². The van der Waals surface area contributed by atoms with E-state index in [1.165, 1.54) is 29.9 Å². The zero-order chi connectivity index (χ0) is 11.7. The Labute approximate surface area is 102 Å². The summed E-state index contributed by atoms with van der Waals surface area (Å²) >= 11 is 0. The fourth-order valence-electron chi connectivity index (χ4n) is 2.83. The minimum atomic E-state index is 0.626. The van der Waals surface area contributed by atoms with Crippen molar-refractivity contribution in [2.75, 3.05) is 24.5 Å². The average Bonchev–Trinajstić information content (AvgIpc) is 2.33. The predicted molar refractivity (Wildman–Crippen MR) is 68.4 cm³/mol. The van der Waals surface area contributed by atoms with Gasteiger partial charge < -0.3 is 10.2 Å². The number of aromatic nitrogens is 2.